The van der Waals surface area contributed by atoms with Crippen molar-refractivity contribution >= 4 is 28.3 Å². The summed E-state index contributed by atoms with van der Waals surface area (Å²) in [5.74, 6) is -0.140. The Bertz CT molecular complexity index is 461. The van der Waals surface area contributed by atoms with Gasteiger partial charge < -0.3 is 20.3 Å². The van der Waals surface area contributed by atoms with Crippen molar-refractivity contribution in [1.29, 1.82) is 0 Å². The van der Waals surface area contributed by atoms with Gasteiger partial charge in [-0.15, -0.1) is 0 Å². The van der Waals surface area contributed by atoms with Gasteiger partial charge in [0.05, 0.1) is 7.11 Å². The van der Waals surface area contributed by atoms with Crippen molar-refractivity contribution in [2.75, 3.05) is 44.9 Å². The Kier molecular flexibility index (Phi) is 4.26. The number of carbonyl (C=O) groups excluding carboxylic acids is 1. The Labute approximate surface area is 117 Å². The van der Waals surface area contributed by atoms with E-state index in [-0.39, 0.29) is 5.82 Å². The lowest BCUT2D eigenvalue weighted by atomic mass is 10.2. The van der Waals surface area contributed by atoms with E-state index in [1.807, 2.05) is 0 Å². The summed E-state index contributed by atoms with van der Waals surface area (Å²) in [4.78, 5) is 16.2. The summed E-state index contributed by atoms with van der Waals surface area (Å²) in [5.41, 5.74) is 6.21. The molecule has 2 heterocycles. The number of esters is 1. The van der Waals surface area contributed by atoms with Gasteiger partial charge >= 0.3 is 5.97 Å². The van der Waals surface area contributed by atoms with Gasteiger partial charge in [0.25, 0.3) is 0 Å². The lowest BCUT2D eigenvalue weighted by Gasteiger charge is -2.27. The molecule has 1 aliphatic heterocycles. The summed E-state index contributed by atoms with van der Waals surface area (Å²) in [6.45, 7) is 1.89. The fourth-order valence-corrected chi connectivity index (χ4v) is 3.40. The molecule has 1 aromatic rings. The van der Waals surface area contributed by atoms with Crippen LogP contribution in [0.4, 0.5) is 10.8 Å². The standard InChI is InChI=1S/C12H20N4O2S/c1-15(2)7-8-5-4-6-16(8)11-9(12(17)18-3)10(13)14-19-11/h8H,4-7H2,1-3H3,(H2,13,14). The fraction of sp³-hybridized carbons (Fsp3) is 0.667. The SMILES string of the molecule is COC(=O)c1c(N)nsc1N1CCCC1CN(C)C. The van der Waals surface area contributed by atoms with Crippen LogP contribution in [0, 0.1) is 0 Å². The zero-order valence-corrected chi connectivity index (χ0v) is 12.4. The highest BCUT2D eigenvalue weighted by atomic mass is 32.1. The van der Waals surface area contributed by atoms with E-state index in [0.29, 0.717) is 11.6 Å². The Balaban J connectivity index is 2.28. The number of anilines is 2. The Morgan fingerprint density at radius 3 is 3.00 bits per heavy atom. The predicted octanol–water partition coefficient (Wildman–Crippen LogP) is 1.04. The maximum atomic E-state index is 11.8. The van der Waals surface area contributed by atoms with Gasteiger partial charge in [-0.25, -0.2) is 4.79 Å². The van der Waals surface area contributed by atoms with E-state index in [1.165, 1.54) is 18.6 Å². The van der Waals surface area contributed by atoms with Gasteiger partial charge in [0.2, 0.25) is 0 Å². The minimum absolute atomic E-state index is 0.266. The largest absolute Gasteiger partial charge is 0.465 e. The summed E-state index contributed by atoms with van der Waals surface area (Å²) in [6, 6.07) is 0.401. The molecule has 0 bridgehead atoms. The summed E-state index contributed by atoms with van der Waals surface area (Å²) in [6.07, 6.45) is 2.24. The molecule has 1 fully saturated rings. The van der Waals surface area contributed by atoms with E-state index in [9.17, 15) is 4.79 Å². The van der Waals surface area contributed by atoms with Gasteiger partial charge in [0.15, 0.2) is 5.82 Å². The van der Waals surface area contributed by atoms with Crippen molar-refractivity contribution in [1.82, 2.24) is 9.27 Å². The fourth-order valence-electron chi connectivity index (χ4n) is 2.50. The summed E-state index contributed by atoms with van der Waals surface area (Å²) in [5, 5.41) is 0.841. The average molecular weight is 284 g/mol. The van der Waals surface area contributed by atoms with Crippen LogP contribution < -0.4 is 10.6 Å². The van der Waals surface area contributed by atoms with Gasteiger partial charge in [0.1, 0.15) is 10.6 Å². The first kappa shape index (κ1) is 14.1. The van der Waals surface area contributed by atoms with Crippen molar-refractivity contribution in [3.8, 4) is 0 Å². The van der Waals surface area contributed by atoms with E-state index in [1.54, 1.807) is 0 Å². The molecule has 0 amide bonds. The molecule has 106 valence electrons. The number of nitrogen functional groups attached to an aromatic ring is 1. The van der Waals surface area contributed by atoms with Crippen LogP contribution in [0.25, 0.3) is 0 Å². The number of aromatic nitrogens is 1. The lowest BCUT2D eigenvalue weighted by molar-refractivity contribution is 0.0603. The third-order valence-corrected chi connectivity index (χ3v) is 4.20. The third kappa shape index (κ3) is 2.82. The molecule has 0 aliphatic carbocycles. The van der Waals surface area contributed by atoms with Crippen LogP contribution in [0.5, 0.6) is 0 Å². The zero-order valence-electron chi connectivity index (χ0n) is 11.5. The highest BCUT2D eigenvalue weighted by Gasteiger charge is 2.31. The van der Waals surface area contributed by atoms with Gasteiger partial charge in [-0.05, 0) is 38.5 Å². The van der Waals surface area contributed by atoms with Crippen LogP contribution in [-0.4, -0.2) is 55.6 Å². The normalized spacial score (nSPS) is 19.2. The van der Waals surface area contributed by atoms with Gasteiger partial charge in [-0.1, -0.05) is 0 Å². The van der Waals surface area contributed by atoms with E-state index in [0.717, 1.165) is 30.9 Å². The topological polar surface area (TPSA) is 71.7 Å². The quantitative estimate of drug-likeness (QED) is 0.833. The molecular formula is C12H20N4O2S. The van der Waals surface area contributed by atoms with E-state index >= 15 is 0 Å². The molecule has 0 saturated carbocycles. The molecule has 2 N–H and O–H groups in total. The smallest absolute Gasteiger partial charge is 0.344 e. The first-order valence-electron chi connectivity index (χ1n) is 6.29. The first-order chi connectivity index (χ1) is 9.04. The monoisotopic (exact) mass is 284 g/mol. The van der Waals surface area contributed by atoms with Crippen LogP contribution in [0.1, 0.15) is 23.2 Å². The van der Waals surface area contributed by atoms with Crippen LogP contribution in [-0.2, 0) is 4.74 Å². The number of hydrogen-bond acceptors (Lipinski definition) is 7. The molecule has 1 saturated heterocycles. The minimum Gasteiger partial charge on any atom is -0.465 e. The van der Waals surface area contributed by atoms with Crippen molar-refractivity contribution < 1.29 is 9.53 Å². The molecule has 0 radical (unpaired) electrons. The number of hydrogen-bond donors (Lipinski definition) is 1. The number of likely N-dealkylation sites (N-methyl/N-ethyl adjacent to an activating group) is 1. The Hall–Kier alpha value is -1.34. The number of rotatable bonds is 4. The van der Waals surface area contributed by atoms with E-state index in [2.05, 4.69) is 28.3 Å². The summed E-state index contributed by atoms with van der Waals surface area (Å²) in [7, 11) is 5.47. The Morgan fingerprint density at radius 2 is 2.37 bits per heavy atom. The summed E-state index contributed by atoms with van der Waals surface area (Å²) < 4.78 is 8.91. The van der Waals surface area contributed by atoms with Crippen LogP contribution in [0.2, 0.25) is 0 Å². The molecule has 0 aromatic carbocycles. The van der Waals surface area contributed by atoms with Crippen LogP contribution in [0.15, 0.2) is 0 Å². The maximum absolute atomic E-state index is 11.8. The number of nitrogens with two attached hydrogens (primary N) is 1. The first-order valence-corrected chi connectivity index (χ1v) is 7.06. The number of nitrogens with zero attached hydrogens (tertiary/aromatic N) is 3. The molecule has 1 unspecified atom stereocenters. The van der Waals surface area contributed by atoms with E-state index in [4.69, 9.17) is 10.5 Å². The summed E-state index contributed by atoms with van der Waals surface area (Å²) >= 11 is 1.28. The molecule has 1 aromatic heterocycles. The molecule has 2 rings (SSSR count). The molecular weight excluding hydrogens is 264 g/mol. The highest BCUT2D eigenvalue weighted by Crippen LogP contribution is 2.35. The highest BCUT2D eigenvalue weighted by molar-refractivity contribution is 7.11. The maximum Gasteiger partial charge on any atom is 0.344 e. The van der Waals surface area contributed by atoms with Crippen LogP contribution in [0.3, 0.4) is 0 Å². The van der Waals surface area contributed by atoms with Crippen molar-refractivity contribution in [2.24, 2.45) is 0 Å². The second kappa shape index (κ2) is 5.75. The second-order valence-electron chi connectivity index (χ2n) is 4.99. The van der Waals surface area contributed by atoms with E-state index < -0.39 is 5.97 Å². The third-order valence-electron chi connectivity index (χ3n) is 3.30. The predicted molar refractivity (Wildman–Crippen MR) is 76.8 cm³/mol. The molecule has 7 heteroatoms. The van der Waals surface area contributed by atoms with Gasteiger partial charge in [-0.3, -0.25) is 0 Å². The average Bonchev–Trinajstić information content (AvgIpc) is 2.94. The molecule has 19 heavy (non-hydrogen) atoms. The molecule has 1 aliphatic rings. The van der Waals surface area contributed by atoms with Crippen molar-refractivity contribution in [3.63, 3.8) is 0 Å². The molecule has 1 atom stereocenters. The second-order valence-corrected chi connectivity index (χ2v) is 5.74. The van der Waals surface area contributed by atoms with Crippen molar-refractivity contribution in [3.05, 3.63) is 5.56 Å². The van der Waals surface area contributed by atoms with Crippen LogP contribution >= 0.6 is 11.5 Å². The molecule has 6 nitrogen and oxygen atoms in total. The van der Waals surface area contributed by atoms with Gasteiger partial charge in [-0.2, -0.15) is 4.37 Å². The zero-order chi connectivity index (χ0) is 14.0. The Morgan fingerprint density at radius 1 is 1.63 bits per heavy atom. The number of methoxy groups -OCH3 is 1. The van der Waals surface area contributed by atoms with Crippen molar-refractivity contribution in [2.45, 2.75) is 18.9 Å². The molecule has 0 spiro atoms. The lowest BCUT2D eigenvalue weighted by Crippen LogP contribution is -2.37. The number of ether oxygens (including phenoxy) is 1. The van der Waals surface area contributed by atoms with Gasteiger partial charge in [0, 0.05) is 19.1 Å². The number of carbonyl (C=O) groups is 1. The minimum atomic E-state index is -0.406.